The maximum atomic E-state index is 4.79. The van der Waals surface area contributed by atoms with E-state index in [1.54, 1.807) is 11.3 Å². The summed E-state index contributed by atoms with van der Waals surface area (Å²) in [5.74, 6) is 0. The number of aryl methyl sites for hydroxylation is 2. The lowest BCUT2D eigenvalue weighted by atomic mass is 10.0. The van der Waals surface area contributed by atoms with E-state index in [9.17, 15) is 0 Å². The van der Waals surface area contributed by atoms with Gasteiger partial charge < -0.3 is 5.32 Å². The summed E-state index contributed by atoms with van der Waals surface area (Å²) in [6, 6.07) is 7.13. The third kappa shape index (κ3) is 3.48. The van der Waals surface area contributed by atoms with Crippen molar-refractivity contribution in [3.8, 4) is 11.3 Å². The van der Waals surface area contributed by atoms with Crippen LogP contribution in [0.1, 0.15) is 37.1 Å². The molecular formula is C19H25N3S. The minimum Gasteiger partial charge on any atom is -0.314 e. The van der Waals surface area contributed by atoms with Crippen molar-refractivity contribution in [3.05, 3.63) is 46.6 Å². The fourth-order valence-corrected chi connectivity index (χ4v) is 3.71. The summed E-state index contributed by atoms with van der Waals surface area (Å²) >= 11 is 1.72. The molecule has 23 heavy (non-hydrogen) atoms. The van der Waals surface area contributed by atoms with Crippen LogP contribution in [0.25, 0.3) is 16.2 Å². The van der Waals surface area contributed by atoms with E-state index in [1.807, 2.05) is 0 Å². The molecule has 0 saturated carbocycles. The number of hydrogen-bond acceptors (Lipinski definition) is 3. The van der Waals surface area contributed by atoms with E-state index in [0.717, 1.165) is 23.6 Å². The summed E-state index contributed by atoms with van der Waals surface area (Å²) in [6.45, 7) is 9.82. The Hall–Kier alpha value is -1.65. The quantitative estimate of drug-likeness (QED) is 0.716. The van der Waals surface area contributed by atoms with Crippen LogP contribution in [0.3, 0.4) is 0 Å². The molecule has 0 fully saturated rings. The van der Waals surface area contributed by atoms with Crippen LogP contribution in [0.15, 0.2) is 29.8 Å². The van der Waals surface area contributed by atoms with Crippen LogP contribution >= 0.6 is 11.3 Å². The maximum Gasteiger partial charge on any atom is 0.194 e. The van der Waals surface area contributed by atoms with Gasteiger partial charge in [-0.2, -0.15) is 0 Å². The van der Waals surface area contributed by atoms with E-state index >= 15 is 0 Å². The second-order valence-electron chi connectivity index (χ2n) is 6.36. The van der Waals surface area contributed by atoms with Crippen molar-refractivity contribution in [1.29, 1.82) is 0 Å². The van der Waals surface area contributed by atoms with Crippen LogP contribution < -0.4 is 5.32 Å². The van der Waals surface area contributed by atoms with Crippen molar-refractivity contribution in [2.24, 2.45) is 0 Å². The highest BCUT2D eigenvalue weighted by Crippen LogP contribution is 2.28. The second kappa shape index (κ2) is 6.85. The average molecular weight is 327 g/mol. The van der Waals surface area contributed by atoms with Gasteiger partial charge in [0.05, 0.1) is 11.4 Å². The number of hydrogen-bond donors (Lipinski definition) is 1. The van der Waals surface area contributed by atoms with Gasteiger partial charge in [0.15, 0.2) is 4.96 Å². The fourth-order valence-electron chi connectivity index (χ4n) is 2.81. The number of aromatic nitrogens is 2. The van der Waals surface area contributed by atoms with Gasteiger partial charge in [-0.15, -0.1) is 11.3 Å². The highest BCUT2D eigenvalue weighted by molar-refractivity contribution is 7.15. The Balaban J connectivity index is 1.87. The first-order chi connectivity index (χ1) is 11.1. The fraction of sp³-hybridized carbons (Fsp3) is 0.421. The van der Waals surface area contributed by atoms with Gasteiger partial charge in [0.25, 0.3) is 0 Å². The monoisotopic (exact) mass is 327 g/mol. The molecule has 0 bridgehead atoms. The molecule has 3 aromatic rings. The number of nitrogens with one attached hydrogen (secondary N) is 1. The molecule has 3 rings (SSSR count). The zero-order chi connectivity index (χ0) is 16.4. The van der Waals surface area contributed by atoms with E-state index in [2.05, 4.69) is 67.2 Å². The molecule has 1 atom stereocenters. The molecule has 0 saturated heterocycles. The largest absolute Gasteiger partial charge is 0.314 e. The van der Waals surface area contributed by atoms with Gasteiger partial charge in [-0.05, 0) is 56.5 Å². The highest BCUT2D eigenvalue weighted by atomic mass is 32.1. The summed E-state index contributed by atoms with van der Waals surface area (Å²) in [7, 11) is 0. The molecule has 1 unspecified atom stereocenters. The Morgan fingerprint density at radius 1 is 1.26 bits per heavy atom. The van der Waals surface area contributed by atoms with E-state index < -0.39 is 0 Å². The number of fused-ring (bicyclic) bond motifs is 1. The Bertz CT molecular complexity index is 800. The Labute approximate surface area is 142 Å². The average Bonchev–Trinajstić information content (AvgIpc) is 3.08. The molecule has 0 aliphatic carbocycles. The van der Waals surface area contributed by atoms with Crippen molar-refractivity contribution < 1.29 is 0 Å². The summed E-state index contributed by atoms with van der Waals surface area (Å²) < 4.78 is 2.23. The Kier molecular flexibility index (Phi) is 4.83. The molecule has 0 aliphatic rings. The van der Waals surface area contributed by atoms with Crippen LogP contribution in [0.5, 0.6) is 0 Å². The lowest BCUT2D eigenvalue weighted by Gasteiger charge is -2.10. The zero-order valence-corrected chi connectivity index (χ0v) is 15.2. The zero-order valence-electron chi connectivity index (χ0n) is 14.4. The van der Waals surface area contributed by atoms with E-state index in [-0.39, 0.29) is 0 Å². The van der Waals surface area contributed by atoms with Crippen LogP contribution in [0.4, 0.5) is 0 Å². The van der Waals surface area contributed by atoms with Crippen molar-refractivity contribution in [2.75, 3.05) is 6.54 Å². The normalized spacial score (nSPS) is 12.9. The van der Waals surface area contributed by atoms with Gasteiger partial charge in [0, 0.05) is 24.0 Å². The van der Waals surface area contributed by atoms with Crippen LogP contribution in [-0.4, -0.2) is 22.0 Å². The van der Waals surface area contributed by atoms with Gasteiger partial charge in [-0.1, -0.05) is 19.1 Å². The molecule has 0 amide bonds. The van der Waals surface area contributed by atoms with Crippen LogP contribution in [0.2, 0.25) is 0 Å². The number of nitrogens with zero attached hydrogens (tertiary/aromatic N) is 2. The van der Waals surface area contributed by atoms with Gasteiger partial charge in [0.2, 0.25) is 0 Å². The SMILES string of the molecule is CCCNC(C)Cc1cn2c(-c3ccc(C)c(C)c3)csc2n1. The predicted molar refractivity (Wildman–Crippen MR) is 99.4 cm³/mol. The molecule has 1 N–H and O–H groups in total. The summed E-state index contributed by atoms with van der Waals surface area (Å²) in [5, 5.41) is 5.73. The molecule has 2 aromatic heterocycles. The molecule has 4 heteroatoms. The molecule has 122 valence electrons. The summed E-state index contributed by atoms with van der Waals surface area (Å²) in [6.07, 6.45) is 4.33. The van der Waals surface area contributed by atoms with Crippen molar-refractivity contribution in [1.82, 2.24) is 14.7 Å². The summed E-state index contributed by atoms with van der Waals surface area (Å²) in [4.78, 5) is 5.87. The molecule has 0 radical (unpaired) electrons. The molecule has 1 aromatic carbocycles. The minimum absolute atomic E-state index is 0.463. The molecular weight excluding hydrogens is 302 g/mol. The number of thiazole rings is 1. The lowest BCUT2D eigenvalue weighted by Crippen LogP contribution is -2.28. The topological polar surface area (TPSA) is 29.3 Å². The molecule has 3 nitrogen and oxygen atoms in total. The molecule has 0 aliphatic heterocycles. The smallest absolute Gasteiger partial charge is 0.194 e. The van der Waals surface area contributed by atoms with Gasteiger partial charge >= 0.3 is 0 Å². The maximum absolute atomic E-state index is 4.79. The van der Waals surface area contributed by atoms with Gasteiger partial charge in [-0.25, -0.2) is 4.98 Å². The van der Waals surface area contributed by atoms with Crippen molar-refractivity contribution >= 4 is 16.3 Å². The van der Waals surface area contributed by atoms with Gasteiger partial charge in [-0.3, -0.25) is 4.40 Å². The van der Waals surface area contributed by atoms with Crippen LogP contribution in [0, 0.1) is 13.8 Å². The first-order valence-electron chi connectivity index (χ1n) is 8.35. The third-order valence-corrected chi connectivity index (χ3v) is 5.16. The number of imidazole rings is 1. The Morgan fingerprint density at radius 2 is 2.09 bits per heavy atom. The molecule has 2 heterocycles. The lowest BCUT2D eigenvalue weighted by molar-refractivity contribution is 0.540. The number of benzene rings is 1. The standard InChI is InChI=1S/C19H25N3S/c1-5-8-20-15(4)10-17-11-22-18(12-23-19(22)21-17)16-7-6-13(2)14(3)9-16/h6-7,9,11-12,15,20H,5,8,10H2,1-4H3. The molecule has 0 spiro atoms. The predicted octanol–water partition coefficient (Wildman–Crippen LogP) is 4.61. The van der Waals surface area contributed by atoms with Crippen molar-refractivity contribution in [2.45, 2.75) is 46.6 Å². The van der Waals surface area contributed by atoms with Gasteiger partial charge in [0.1, 0.15) is 0 Å². The van der Waals surface area contributed by atoms with E-state index in [0.29, 0.717) is 6.04 Å². The van der Waals surface area contributed by atoms with E-state index in [1.165, 1.54) is 28.8 Å². The summed E-state index contributed by atoms with van der Waals surface area (Å²) in [5.41, 5.74) is 6.33. The first-order valence-corrected chi connectivity index (χ1v) is 9.23. The highest BCUT2D eigenvalue weighted by Gasteiger charge is 2.12. The second-order valence-corrected chi connectivity index (χ2v) is 7.20. The van der Waals surface area contributed by atoms with Crippen molar-refractivity contribution in [3.63, 3.8) is 0 Å². The third-order valence-electron chi connectivity index (χ3n) is 4.32. The Morgan fingerprint density at radius 3 is 2.83 bits per heavy atom. The first kappa shape index (κ1) is 16.2. The van der Waals surface area contributed by atoms with Crippen LogP contribution in [-0.2, 0) is 6.42 Å². The number of rotatable bonds is 6. The van der Waals surface area contributed by atoms with E-state index in [4.69, 9.17) is 4.98 Å². The minimum atomic E-state index is 0.463.